The fraction of sp³-hybridized carbons (Fsp3) is 0.455. The number of ether oxygens (including phenoxy) is 1. The van der Waals surface area contributed by atoms with Crippen molar-refractivity contribution in [3.05, 3.63) is 24.0 Å². The zero-order valence-electron chi connectivity index (χ0n) is 9.72. The molecule has 94 valence electrons. The van der Waals surface area contributed by atoms with Gasteiger partial charge in [0.15, 0.2) is 0 Å². The predicted molar refractivity (Wildman–Crippen MR) is 63.5 cm³/mol. The molecule has 0 saturated heterocycles. The Morgan fingerprint density at radius 2 is 2.41 bits per heavy atom. The number of carbonyl (C=O) groups excluding carboxylic acids is 1. The van der Waals surface area contributed by atoms with E-state index < -0.39 is 6.10 Å². The van der Waals surface area contributed by atoms with Gasteiger partial charge in [-0.25, -0.2) is 4.98 Å². The van der Waals surface area contributed by atoms with Gasteiger partial charge in [0.1, 0.15) is 5.69 Å². The summed E-state index contributed by atoms with van der Waals surface area (Å²) in [5, 5.41) is 12.0. The van der Waals surface area contributed by atoms with Crippen molar-refractivity contribution < 1.29 is 14.6 Å². The van der Waals surface area contributed by atoms with Gasteiger partial charge in [0.05, 0.1) is 24.6 Å². The van der Waals surface area contributed by atoms with Gasteiger partial charge in [0.2, 0.25) is 0 Å². The van der Waals surface area contributed by atoms with E-state index in [1.807, 2.05) is 0 Å². The number of aromatic nitrogens is 1. The van der Waals surface area contributed by atoms with Crippen LogP contribution in [0.15, 0.2) is 18.3 Å². The number of methoxy groups -OCH3 is 1. The second-order valence-electron chi connectivity index (χ2n) is 3.63. The Kier molecular flexibility index (Phi) is 5.38. The maximum Gasteiger partial charge on any atom is 0.269 e. The summed E-state index contributed by atoms with van der Waals surface area (Å²) in [6.45, 7) is 0.630. The lowest BCUT2D eigenvalue weighted by molar-refractivity contribution is 0.0587. The van der Waals surface area contributed by atoms with Gasteiger partial charge in [0, 0.05) is 13.7 Å². The standard InChI is InChI=1S/C11H17N3O3/c1-17-7-9(15)4-5-13-11(16)10-3-2-8(12)6-14-10/h2-3,6,9,15H,4-5,7,12H2,1H3,(H,13,16). The van der Waals surface area contributed by atoms with Crippen LogP contribution in [-0.2, 0) is 4.74 Å². The van der Waals surface area contributed by atoms with Crippen LogP contribution >= 0.6 is 0 Å². The SMILES string of the molecule is COCC(O)CCNC(=O)c1ccc(N)cn1. The molecule has 6 heteroatoms. The molecule has 0 saturated carbocycles. The van der Waals surface area contributed by atoms with Gasteiger partial charge in [-0.15, -0.1) is 0 Å². The molecular formula is C11H17N3O3. The van der Waals surface area contributed by atoms with E-state index in [0.717, 1.165) is 0 Å². The van der Waals surface area contributed by atoms with Gasteiger partial charge in [0.25, 0.3) is 5.91 Å². The van der Waals surface area contributed by atoms with Gasteiger partial charge in [-0.05, 0) is 18.6 Å². The van der Waals surface area contributed by atoms with Crippen LogP contribution in [0, 0.1) is 0 Å². The van der Waals surface area contributed by atoms with Gasteiger partial charge < -0.3 is 20.9 Å². The Balaban J connectivity index is 2.32. The average Bonchev–Trinajstić information content (AvgIpc) is 2.30. The summed E-state index contributed by atoms with van der Waals surface area (Å²) in [6.07, 6.45) is 1.29. The summed E-state index contributed by atoms with van der Waals surface area (Å²) in [5.74, 6) is -0.283. The highest BCUT2D eigenvalue weighted by atomic mass is 16.5. The largest absolute Gasteiger partial charge is 0.397 e. The minimum absolute atomic E-state index is 0.260. The van der Waals surface area contributed by atoms with Crippen molar-refractivity contribution >= 4 is 11.6 Å². The Labute approximate surface area is 99.8 Å². The van der Waals surface area contributed by atoms with Gasteiger partial charge in [-0.2, -0.15) is 0 Å². The van der Waals surface area contributed by atoms with Crippen LogP contribution in [-0.4, -0.2) is 42.4 Å². The second-order valence-corrected chi connectivity index (χ2v) is 3.63. The molecule has 0 fully saturated rings. The molecule has 0 radical (unpaired) electrons. The number of hydrogen-bond acceptors (Lipinski definition) is 5. The first-order chi connectivity index (χ1) is 8.13. The number of nitrogens with one attached hydrogen (secondary N) is 1. The van der Waals surface area contributed by atoms with E-state index in [0.29, 0.717) is 24.3 Å². The van der Waals surface area contributed by atoms with Crippen LogP contribution in [0.4, 0.5) is 5.69 Å². The highest BCUT2D eigenvalue weighted by Crippen LogP contribution is 2.00. The van der Waals surface area contributed by atoms with E-state index in [9.17, 15) is 9.90 Å². The maximum absolute atomic E-state index is 11.6. The minimum atomic E-state index is -0.570. The van der Waals surface area contributed by atoms with Gasteiger partial charge in [-0.3, -0.25) is 4.79 Å². The molecule has 0 aliphatic heterocycles. The Morgan fingerprint density at radius 3 is 3.00 bits per heavy atom. The number of amides is 1. The number of carbonyl (C=O) groups is 1. The first-order valence-electron chi connectivity index (χ1n) is 5.30. The average molecular weight is 239 g/mol. The van der Waals surface area contributed by atoms with Crippen LogP contribution in [0.5, 0.6) is 0 Å². The number of aliphatic hydroxyl groups excluding tert-OH is 1. The summed E-state index contributed by atoms with van der Waals surface area (Å²) >= 11 is 0. The topological polar surface area (TPSA) is 97.5 Å². The molecule has 0 spiro atoms. The van der Waals surface area contributed by atoms with Crippen molar-refractivity contribution in [2.45, 2.75) is 12.5 Å². The lowest BCUT2D eigenvalue weighted by Crippen LogP contribution is -2.29. The van der Waals surface area contributed by atoms with E-state index in [1.165, 1.54) is 13.3 Å². The summed E-state index contributed by atoms with van der Waals surface area (Å²) in [4.78, 5) is 15.5. The molecule has 0 aliphatic carbocycles. The molecular weight excluding hydrogens is 222 g/mol. The van der Waals surface area contributed by atoms with E-state index >= 15 is 0 Å². The van der Waals surface area contributed by atoms with Crippen LogP contribution in [0.2, 0.25) is 0 Å². The van der Waals surface area contributed by atoms with E-state index in [4.69, 9.17) is 10.5 Å². The number of rotatable bonds is 6. The molecule has 0 bridgehead atoms. The molecule has 0 aromatic carbocycles. The number of anilines is 1. The Hall–Kier alpha value is -1.66. The van der Waals surface area contributed by atoms with E-state index in [-0.39, 0.29) is 12.5 Å². The highest BCUT2D eigenvalue weighted by molar-refractivity contribution is 5.92. The van der Waals surface area contributed by atoms with E-state index in [2.05, 4.69) is 10.3 Å². The van der Waals surface area contributed by atoms with Crippen molar-refractivity contribution in [1.29, 1.82) is 0 Å². The molecule has 1 rings (SSSR count). The number of aliphatic hydroxyl groups is 1. The molecule has 1 aromatic rings. The Morgan fingerprint density at radius 1 is 1.65 bits per heavy atom. The fourth-order valence-electron chi connectivity index (χ4n) is 1.26. The van der Waals surface area contributed by atoms with Crippen molar-refractivity contribution in [3.8, 4) is 0 Å². The second kappa shape index (κ2) is 6.82. The molecule has 6 nitrogen and oxygen atoms in total. The van der Waals surface area contributed by atoms with Crippen LogP contribution in [0.1, 0.15) is 16.9 Å². The Bertz CT molecular complexity index is 353. The highest BCUT2D eigenvalue weighted by Gasteiger charge is 2.08. The third-order valence-corrected chi connectivity index (χ3v) is 2.14. The number of pyridine rings is 1. The van der Waals surface area contributed by atoms with E-state index in [1.54, 1.807) is 12.1 Å². The summed E-state index contributed by atoms with van der Waals surface area (Å²) in [5.41, 5.74) is 6.28. The molecule has 4 N–H and O–H groups in total. The number of nitrogen functional groups attached to an aromatic ring is 1. The number of nitrogens with two attached hydrogens (primary N) is 1. The van der Waals surface area contributed by atoms with Crippen molar-refractivity contribution in [2.75, 3.05) is 26.0 Å². The van der Waals surface area contributed by atoms with Gasteiger partial charge in [-0.1, -0.05) is 0 Å². The number of nitrogens with zero attached hydrogens (tertiary/aromatic N) is 1. The molecule has 1 heterocycles. The molecule has 1 unspecified atom stereocenters. The van der Waals surface area contributed by atoms with Crippen LogP contribution in [0.3, 0.4) is 0 Å². The predicted octanol–water partition coefficient (Wildman–Crippen LogP) is -0.209. The first-order valence-corrected chi connectivity index (χ1v) is 5.30. The molecule has 1 aromatic heterocycles. The first kappa shape index (κ1) is 13.4. The summed E-state index contributed by atoms with van der Waals surface area (Å²) < 4.78 is 4.77. The molecule has 17 heavy (non-hydrogen) atoms. The lowest BCUT2D eigenvalue weighted by Gasteiger charge is -2.09. The fourth-order valence-corrected chi connectivity index (χ4v) is 1.26. The van der Waals surface area contributed by atoms with Crippen LogP contribution in [0.25, 0.3) is 0 Å². The minimum Gasteiger partial charge on any atom is -0.397 e. The lowest BCUT2D eigenvalue weighted by atomic mass is 10.2. The third kappa shape index (κ3) is 4.80. The molecule has 1 amide bonds. The van der Waals surface area contributed by atoms with Crippen molar-refractivity contribution in [1.82, 2.24) is 10.3 Å². The zero-order chi connectivity index (χ0) is 12.7. The maximum atomic E-state index is 11.6. The third-order valence-electron chi connectivity index (χ3n) is 2.14. The summed E-state index contributed by atoms with van der Waals surface area (Å²) in [7, 11) is 1.51. The smallest absolute Gasteiger partial charge is 0.269 e. The molecule has 0 aliphatic rings. The van der Waals surface area contributed by atoms with Crippen LogP contribution < -0.4 is 11.1 Å². The van der Waals surface area contributed by atoms with Crippen molar-refractivity contribution in [2.24, 2.45) is 0 Å². The normalized spacial score (nSPS) is 12.1. The van der Waals surface area contributed by atoms with Gasteiger partial charge >= 0.3 is 0 Å². The quantitative estimate of drug-likeness (QED) is 0.638. The molecule has 1 atom stereocenters. The monoisotopic (exact) mass is 239 g/mol. The van der Waals surface area contributed by atoms with Crippen molar-refractivity contribution in [3.63, 3.8) is 0 Å². The summed E-state index contributed by atoms with van der Waals surface area (Å²) in [6, 6.07) is 3.16. The zero-order valence-corrected chi connectivity index (χ0v) is 9.72. The number of hydrogen-bond donors (Lipinski definition) is 3.